The Morgan fingerprint density at radius 2 is 2.54 bits per heavy atom. The number of carbonyl (C=O) groups is 1. The summed E-state index contributed by atoms with van der Waals surface area (Å²) >= 11 is 0. The van der Waals surface area contributed by atoms with Gasteiger partial charge in [0.25, 0.3) is 0 Å². The fraction of sp³-hybridized carbons (Fsp3) is 0.500. The van der Waals surface area contributed by atoms with E-state index in [4.69, 9.17) is 0 Å². The summed E-state index contributed by atoms with van der Waals surface area (Å²) in [5.41, 5.74) is 0.174. The molecular formula is C6H9N3O4. The number of hydrogen-bond acceptors (Lipinski definition) is 5. The van der Waals surface area contributed by atoms with E-state index in [-0.39, 0.29) is 23.0 Å². The van der Waals surface area contributed by atoms with E-state index in [1.165, 1.54) is 6.92 Å². The maximum absolute atomic E-state index is 10.8. The molecule has 0 saturated heterocycles. The summed E-state index contributed by atoms with van der Waals surface area (Å²) in [4.78, 5) is 11.0. The van der Waals surface area contributed by atoms with Crippen LogP contribution in [0.2, 0.25) is 0 Å². The molecule has 13 heavy (non-hydrogen) atoms. The highest BCUT2D eigenvalue weighted by Gasteiger charge is 2.16. The first kappa shape index (κ1) is 9.30. The van der Waals surface area contributed by atoms with E-state index in [1.807, 2.05) is 0 Å². The van der Waals surface area contributed by atoms with Crippen LogP contribution in [0.4, 0.5) is 10.6 Å². The van der Waals surface area contributed by atoms with Crippen LogP contribution in [-0.4, -0.2) is 17.9 Å². The maximum atomic E-state index is 10.8. The number of hydrogen-bond donors (Lipinski definition) is 1. The highest BCUT2D eigenvalue weighted by Crippen LogP contribution is 2.05. The van der Waals surface area contributed by atoms with Crippen molar-refractivity contribution in [1.82, 2.24) is 5.16 Å². The molecule has 0 unspecified atom stereocenters. The third kappa shape index (κ3) is 2.08. The lowest BCUT2D eigenvalue weighted by Crippen LogP contribution is -2.26. The summed E-state index contributed by atoms with van der Waals surface area (Å²) in [5.74, 6) is 0.0634. The third-order valence-electron chi connectivity index (χ3n) is 1.32. The van der Waals surface area contributed by atoms with E-state index >= 15 is 0 Å². The SMILES string of the molecule is CCOC(=O)Nc1no[n+]([O-])c1C. The highest BCUT2D eigenvalue weighted by molar-refractivity contribution is 5.83. The summed E-state index contributed by atoms with van der Waals surface area (Å²) < 4.78 is 8.78. The fourth-order valence-electron chi connectivity index (χ4n) is 0.669. The van der Waals surface area contributed by atoms with Gasteiger partial charge in [-0.2, -0.15) is 0 Å². The lowest BCUT2D eigenvalue weighted by Gasteiger charge is -1.98. The van der Waals surface area contributed by atoms with Crippen LogP contribution >= 0.6 is 0 Å². The molecule has 0 aliphatic heterocycles. The molecular weight excluding hydrogens is 178 g/mol. The largest absolute Gasteiger partial charge is 0.450 e. The molecule has 0 bridgehead atoms. The molecule has 1 aromatic heterocycles. The second-order valence-electron chi connectivity index (χ2n) is 2.21. The van der Waals surface area contributed by atoms with Gasteiger partial charge in [0.2, 0.25) is 5.69 Å². The smallest absolute Gasteiger partial charge is 0.414 e. The number of ether oxygens (including phenoxy) is 1. The molecule has 0 aromatic carbocycles. The van der Waals surface area contributed by atoms with Crippen molar-refractivity contribution >= 4 is 11.9 Å². The Hall–Kier alpha value is -1.79. The molecule has 0 radical (unpaired) electrons. The van der Waals surface area contributed by atoms with Gasteiger partial charge in [0.05, 0.1) is 11.8 Å². The molecule has 72 valence electrons. The first-order valence-electron chi connectivity index (χ1n) is 3.65. The monoisotopic (exact) mass is 187 g/mol. The van der Waals surface area contributed by atoms with Crippen molar-refractivity contribution in [2.24, 2.45) is 0 Å². The minimum Gasteiger partial charge on any atom is -0.450 e. The number of nitrogens with one attached hydrogen (secondary N) is 1. The molecule has 0 aliphatic rings. The number of nitrogens with zero attached hydrogens (tertiary/aromatic N) is 2. The number of aromatic nitrogens is 2. The molecule has 1 rings (SSSR count). The zero-order chi connectivity index (χ0) is 9.84. The Balaban J connectivity index is 2.64. The molecule has 1 heterocycles. The third-order valence-corrected chi connectivity index (χ3v) is 1.32. The van der Waals surface area contributed by atoms with Gasteiger partial charge in [0, 0.05) is 6.92 Å². The van der Waals surface area contributed by atoms with Crippen molar-refractivity contribution in [3.05, 3.63) is 10.9 Å². The van der Waals surface area contributed by atoms with Gasteiger partial charge < -0.3 is 9.94 Å². The Kier molecular flexibility index (Phi) is 2.68. The first-order chi connectivity index (χ1) is 6.15. The van der Waals surface area contributed by atoms with E-state index in [2.05, 4.69) is 19.8 Å². The molecule has 0 aliphatic carbocycles. The number of amides is 1. The topological polar surface area (TPSA) is 91.3 Å². The average molecular weight is 187 g/mol. The van der Waals surface area contributed by atoms with Crippen molar-refractivity contribution in [3.8, 4) is 0 Å². The van der Waals surface area contributed by atoms with Crippen LogP contribution in [0.3, 0.4) is 0 Å². The fourth-order valence-corrected chi connectivity index (χ4v) is 0.669. The number of carbonyl (C=O) groups excluding carboxylic acids is 1. The molecule has 7 heteroatoms. The normalized spacial score (nSPS) is 9.69. The average Bonchev–Trinajstić information content (AvgIpc) is 2.37. The Labute approximate surface area is 73.8 Å². The van der Waals surface area contributed by atoms with Gasteiger partial charge in [0.15, 0.2) is 0 Å². The quantitative estimate of drug-likeness (QED) is 0.667. The predicted molar refractivity (Wildman–Crippen MR) is 40.8 cm³/mol. The lowest BCUT2D eigenvalue weighted by atomic mass is 10.5. The van der Waals surface area contributed by atoms with Gasteiger partial charge in [-0.25, -0.2) is 10.1 Å². The van der Waals surface area contributed by atoms with Crippen LogP contribution in [-0.2, 0) is 4.74 Å². The second-order valence-corrected chi connectivity index (χ2v) is 2.21. The molecule has 1 aromatic rings. The van der Waals surface area contributed by atoms with Crippen LogP contribution in [0.15, 0.2) is 4.63 Å². The van der Waals surface area contributed by atoms with Gasteiger partial charge in [0.1, 0.15) is 0 Å². The van der Waals surface area contributed by atoms with Crippen molar-refractivity contribution in [2.45, 2.75) is 13.8 Å². The van der Waals surface area contributed by atoms with E-state index in [0.717, 1.165) is 0 Å². The summed E-state index contributed by atoms with van der Waals surface area (Å²) in [7, 11) is 0. The maximum Gasteiger partial charge on any atom is 0.414 e. The van der Waals surface area contributed by atoms with Crippen LogP contribution in [0.25, 0.3) is 0 Å². The zero-order valence-corrected chi connectivity index (χ0v) is 7.23. The molecule has 0 atom stereocenters. The van der Waals surface area contributed by atoms with E-state index in [1.54, 1.807) is 6.92 Å². The molecule has 1 amide bonds. The van der Waals surface area contributed by atoms with Gasteiger partial charge in [-0.15, -0.1) is 0 Å². The van der Waals surface area contributed by atoms with E-state index < -0.39 is 6.09 Å². The standard InChI is InChI=1S/C6H9N3O4/c1-3-12-6(10)7-5-4(2)9(11)13-8-5/h3H2,1-2H3,(H,7,8,10). The van der Waals surface area contributed by atoms with Crippen LogP contribution < -0.4 is 10.2 Å². The Morgan fingerprint density at radius 3 is 3.00 bits per heavy atom. The number of rotatable bonds is 2. The predicted octanol–water partition coefficient (Wildman–Crippen LogP) is 0.185. The summed E-state index contributed by atoms with van der Waals surface area (Å²) in [6, 6.07) is 0. The van der Waals surface area contributed by atoms with Crippen molar-refractivity contribution in [1.29, 1.82) is 0 Å². The van der Waals surface area contributed by atoms with Crippen LogP contribution in [0.1, 0.15) is 12.6 Å². The Bertz CT molecular complexity index is 309. The van der Waals surface area contributed by atoms with E-state index in [0.29, 0.717) is 0 Å². The molecule has 0 fully saturated rings. The molecule has 1 N–H and O–H groups in total. The van der Waals surface area contributed by atoms with Gasteiger partial charge in [-0.3, -0.25) is 4.63 Å². The van der Waals surface area contributed by atoms with Crippen LogP contribution in [0.5, 0.6) is 0 Å². The lowest BCUT2D eigenvalue weighted by molar-refractivity contribution is -0.806. The van der Waals surface area contributed by atoms with Crippen molar-refractivity contribution in [2.75, 3.05) is 11.9 Å². The minimum atomic E-state index is -0.667. The second kappa shape index (κ2) is 3.74. The number of anilines is 1. The first-order valence-corrected chi connectivity index (χ1v) is 3.65. The summed E-state index contributed by atoms with van der Waals surface area (Å²) in [6.07, 6.45) is -0.667. The van der Waals surface area contributed by atoms with Crippen molar-refractivity contribution < 1.29 is 19.1 Å². The molecule has 0 spiro atoms. The van der Waals surface area contributed by atoms with Crippen molar-refractivity contribution in [3.63, 3.8) is 0 Å². The molecule has 7 nitrogen and oxygen atoms in total. The minimum absolute atomic E-state index is 0.0634. The van der Waals surface area contributed by atoms with E-state index in [9.17, 15) is 10.0 Å². The van der Waals surface area contributed by atoms with Gasteiger partial charge in [-0.1, -0.05) is 0 Å². The van der Waals surface area contributed by atoms with Gasteiger partial charge >= 0.3 is 11.9 Å². The highest BCUT2D eigenvalue weighted by atomic mass is 16.8. The zero-order valence-electron chi connectivity index (χ0n) is 7.23. The summed E-state index contributed by atoms with van der Waals surface area (Å²) in [6.45, 7) is 3.38. The van der Waals surface area contributed by atoms with Crippen LogP contribution in [0, 0.1) is 12.1 Å². The molecule has 0 saturated carbocycles. The Morgan fingerprint density at radius 1 is 1.85 bits per heavy atom. The van der Waals surface area contributed by atoms with Gasteiger partial charge in [-0.05, 0) is 11.8 Å². The summed E-state index contributed by atoms with van der Waals surface area (Å²) in [5, 5.41) is 16.2.